The molecule has 0 radical (unpaired) electrons. The zero-order chi connectivity index (χ0) is 13.8. The molecule has 1 heterocycles. The molecule has 0 spiro atoms. The van der Waals surface area contributed by atoms with E-state index in [1.807, 2.05) is 13.8 Å². The van der Waals surface area contributed by atoms with Crippen molar-refractivity contribution in [1.82, 2.24) is 0 Å². The topological polar surface area (TPSA) is 58.9 Å². The fourth-order valence-corrected chi connectivity index (χ4v) is 2.15. The lowest BCUT2D eigenvalue weighted by molar-refractivity contribution is -0.160. The van der Waals surface area contributed by atoms with Crippen molar-refractivity contribution >= 4 is 0 Å². The van der Waals surface area contributed by atoms with Crippen molar-refractivity contribution in [3.05, 3.63) is 0 Å². The summed E-state index contributed by atoms with van der Waals surface area (Å²) in [5.41, 5.74) is -0.336. The summed E-state index contributed by atoms with van der Waals surface area (Å²) in [6, 6.07) is 0. The molecule has 4 nitrogen and oxygen atoms in total. The van der Waals surface area contributed by atoms with E-state index in [2.05, 4.69) is 13.8 Å². The quantitative estimate of drug-likeness (QED) is 0.763. The van der Waals surface area contributed by atoms with Crippen molar-refractivity contribution in [3.8, 4) is 0 Å². The molecule has 0 saturated carbocycles. The summed E-state index contributed by atoms with van der Waals surface area (Å²) < 4.78 is 11.4. The molecular weight excluding hydrogens is 232 g/mol. The Morgan fingerprint density at radius 1 is 1.33 bits per heavy atom. The van der Waals surface area contributed by atoms with E-state index in [0.29, 0.717) is 25.4 Å². The van der Waals surface area contributed by atoms with E-state index in [4.69, 9.17) is 9.47 Å². The molecule has 4 heteroatoms. The standard InChI is InChI=1S/C14H28O4/c1-10(2)5-8-18-14(3,4)9-12-13(16)11(15)6-7-17-12/h10-13,15-16H,5-9H2,1-4H3. The van der Waals surface area contributed by atoms with Crippen LogP contribution in [0.15, 0.2) is 0 Å². The van der Waals surface area contributed by atoms with E-state index in [9.17, 15) is 10.2 Å². The highest BCUT2D eigenvalue weighted by molar-refractivity contribution is 4.86. The maximum atomic E-state index is 9.88. The average Bonchev–Trinajstić information content (AvgIpc) is 2.23. The highest BCUT2D eigenvalue weighted by Gasteiger charge is 2.35. The normalized spacial score (nSPS) is 29.8. The lowest BCUT2D eigenvalue weighted by Crippen LogP contribution is -2.47. The molecule has 0 amide bonds. The van der Waals surface area contributed by atoms with Gasteiger partial charge in [0.25, 0.3) is 0 Å². The Morgan fingerprint density at radius 2 is 2.00 bits per heavy atom. The molecule has 0 aromatic carbocycles. The second-order valence-corrected chi connectivity index (χ2v) is 6.25. The predicted molar refractivity (Wildman–Crippen MR) is 70.5 cm³/mol. The van der Waals surface area contributed by atoms with E-state index in [1.54, 1.807) is 0 Å². The van der Waals surface area contributed by atoms with E-state index in [-0.39, 0.29) is 11.7 Å². The van der Waals surface area contributed by atoms with Crippen molar-refractivity contribution in [3.63, 3.8) is 0 Å². The van der Waals surface area contributed by atoms with Gasteiger partial charge < -0.3 is 19.7 Å². The first-order valence-electron chi connectivity index (χ1n) is 6.93. The minimum atomic E-state index is -0.799. The van der Waals surface area contributed by atoms with Gasteiger partial charge in [0.15, 0.2) is 0 Å². The van der Waals surface area contributed by atoms with Gasteiger partial charge in [-0.3, -0.25) is 0 Å². The number of hydrogen-bond acceptors (Lipinski definition) is 4. The maximum absolute atomic E-state index is 9.88. The summed E-state index contributed by atoms with van der Waals surface area (Å²) in [6.45, 7) is 9.57. The Morgan fingerprint density at radius 3 is 2.61 bits per heavy atom. The minimum absolute atomic E-state index is 0.331. The molecule has 3 atom stereocenters. The van der Waals surface area contributed by atoms with E-state index >= 15 is 0 Å². The molecule has 2 N–H and O–H groups in total. The lowest BCUT2D eigenvalue weighted by atomic mass is 9.92. The molecule has 18 heavy (non-hydrogen) atoms. The van der Waals surface area contributed by atoms with Crippen LogP contribution in [0.1, 0.15) is 47.0 Å². The summed E-state index contributed by atoms with van der Waals surface area (Å²) in [5.74, 6) is 0.624. The Labute approximate surface area is 110 Å². The van der Waals surface area contributed by atoms with Crippen LogP contribution in [0, 0.1) is 5.92 Å². The van der Waals surface area contributed by atoms with Gasteiger partial charge in [0.1, 0.15) is 6.10 Å². The second-order valence-electron chi connectivity index (χ2n) is 6.25. The fourth-order valence-electron chi connectivity index (χ4n) is 2.15. The molecule has 108 valence electrons. The van der Waals surface area contributed by atoms with E-state index in [0.717, 1.165) is 13.0 Å². The van der Waals surface area contributed by atoms with Crippen LogP contribution in [0.3, 0.4) is 0 Å². The zero-order valence-corrected chi connectivity index (χ0v) is 12.1. The van der Waals surface area contributed by atoms with Crippen molar-refractivity contribution in [1.29, 1.82) is 0 Å². The van der Waals surface area contributed by atoms with Crippen LogP contribution >= 0.6 is 0 Å². The molecule has 1 fully saturated rings. The number of aliphatic hydroxyl groups excluding tert-OH is 2. The third-order valence-electron chi connectivity index (χ3n) is 3.40. The molecule has 0 aromatic rings. The number of ether oxygens (including phenoxy) is 2. The smallest absolute Gasteiger partial charge is 0.106 e. The monoisotopic (exact) mass is 260 g/mol. The number of hydrogen-bond donors (Lipinski definition) is 2. The average molecular weight is 260 g/mol. The third kappa shape index (κ3) is 5.22. The molecule has 0 aromatic heterocycles. The van der Waals surface area contributed by atoms with Gasteiger partial charge in [-0.05, 0) is 32.6 Å². The van der Waals surface area contributed by atoms with Gasteiger partial charge in [-0.25, -0.2) is 0 Å². The van der Waals surface area contributed by atoms with Crippen molar-refractivity contribution in [2.24, 2.45) is 5.92 Å². The Kier molecular flexibility index (Phi) is 6.05. The highest BCUT2D eigenvalue weighted by atomic mass is 16.5. The van der Waals surface area contributed by atoms with Crippen LogP contribution < -0.4 is 0 Å². The van der Waals surface area contributed by atoms with Gasteiger partial charge in [-0.15, -0.1) is 0 Å². The molecule has 1 aliphatic rings. The van der Waals surface area contributed by atoms with Gasteiger partial charge in [-0.1, -0.05) is 13.8 Å². The van der Waals surface area contributed by atoms with E-state index < -0.39 is 12.2 Å². The second kappa shape index (κ2) is 6.85. The first-order valence-corrected chi connectivity index (χ1v) is 6.93. The van der Waals surface area contributed by atoms with Crippen LogP contribution in [-0.4, -0.2) is 47.3 Å². The molecular formula is C14H28O4. The van der Waals surface area contributed by atoms with Gasteiger partial charge >= 0.3 is 0 Å². The Bertz CT molecular complexity index is 240. The van der Waals surface area contributed by atoms with Gasteiger partial charge in [-0.2, -0.15) is 0 Å². The lowest BCUT2D eigenvalue weighted by Gasteiger charge is -2.37. The number of aliphatic hydroxyl groups is 2. The maximum Gasteiger partial charge on any atom is 0.106 e. The van der Waals surface area contributed by atoms with Crippen LogP contribution in [0.4, 0.5) is 0 Å². The molecule has 3 unspecified atom stereocenters. The van der Waals surface area contributed by atoms with Crippen LogP contribution in [0.2, 0.25) is 0 Å². The molecule has 1 rings (SSSR count). The fraction of sp³-hybridized carbons (Fsp3) is 1.00. The van der Waals surface area contributed by atoms with Crippen LogP contribution in [-0.2, 0) is 9.47 Å². The minimum Gasteiger partial charge on any atom is -0.390 e. The summed E-state index contributed by atoms with van der Waals surface area (Å²) in [6.07, 6.45) is 0.334. The van der Waals surface area contributed by atoms with Crippen molar-refractivity contribution in [2.45, 2.75) is 70.9 Å². The first kappa shape index (κ1) is 15.9. The third-order valence-corrected chi connectivity index (χ3v) is 3.40. The molecule has 1 saturated heterocycles. The summed E-state index contributed by atoms with van der Waals surface area (Å²) in [4.78, 5) is 0. The van der Waals surface area contributed by atoms with Gasteiger partial charge in [0, 0.05) is 19.6 Å². The summed E-state index contributed by atoms with van der Waals surface area (Å²) in [7, 11) is 0. The molecule has 0 aliphatic carbocycles. The Balaban J connectivity index is 2.38. The zero-order valence-electron chi connectivity index (χ0n) is 12.1. The van der Waals surface area contributed by atoms with Gasteiger partial charge in [0.05, 0.1) is 17.8 Å². The van der Waals surface area contributed by atoms with E-state index in [1.165, 1.54) is 0 Å². The van der Waals surface area contributed by atoms with Crippen LogP contribution in [0.25, 0.3) is 0 Å². The molecule has 0 bridgehead atoms. The first-order chi connectivity index (χ1) is 8.32. The summed E-state index contributed by atoms with van der Waals surface area (Å²) >= 11 is 0. The molecule has 1 aliphatic heterocycles. The van der Waals surface area contributed by atoms with Crippen molar-refractivity contribution < 1.29 is 19.7 Å². The predicted octanol–water partition coefficient (Wildman–Crippen LogP) is 1.73. The highest BCUT2D eigenvalue weighted by Crippen LogP contribution is 2.25. The van der Waals surface area contributed by atoms with Crippen molar-refractivity contribution in [2.75, 3.05) is 13.2 Å². The van der Waals surface area contributed by atoms with Gasteiger partial charge in [0.2, 0.25) is 0 Å². The Hall–Kier alpha value is -0.160. The largest absolute Gasteiger partial charge is 0.390 e. The summed E-state index contributed by atoms with van der Waals surface area (Å²) in [5, 5.41) is 19.5. The SMILES string of the molecule is CC(C)CCOC(C)(C)CC1OCCC(O)C1O. The number of rotatable bonds is 6. The van der Waals surface area contributed by atoms with Crippen LogP contribution in [0.5, 0.6) is 0 Å².